The van der Waals surface area contributed by atoms with Crippen molar-refractivity contribution in [3.8, 4) is 0 Å². The van der Waals surface area contributed by atoms with Crippen LogP contribution >= 0.6 is 0 Å². The van der Waals surface area contributed by atoms with Gasteiger partial charge in [-0.25, -0.2) is 5.43 Å². The molecule has 0 spiro atoms. The van der Waals surface area contributed by atoms with Crippen molar-refractivity contribution in [1.29, 1.82) is 0 Å². The minimum absolute atomic E-state index is 0.0674. The van der Waals surface area contributed by atoms with Crippen LogP contribution in [-0.2, 0) is 4.79 Å². The summed E-state index contributed by atoms with van der Waals surface area (Å²) in [6.07, 6.45) is 3.11. The summed E-state index contributed by atoms with van der Waals surface area (Å²) < 4.78 is 0. The van der Waals surface area contributed by atoms with E-state index in [1.807, 2.05) is 19.9 Å². The van der Waals surface area contributed by atoms with E-state index in [2.05, 4.69) is 20.8 Å². The Morgan fingerprint density at radius 1 is 1.13 bits per heavy atom. The molecule has 118 valence electrons. The molecule has 0 radical (unpaired) electrons. The summed E-state index contributed by atoms with van der Waals surface area (Å²) in [5, 5.41) is 6.62. The van der Waals surface area contributed by atoms with Crippen molar-refractivity contribution < 1.29 is 9.59 Å². The molecule has 0 fully saturated rings. The lowest BCUT2D eigenvalue weighted by atomic mass is 10.1. The average molecular weight is 310 g/mol. The summed E-state index contributed by atoms with van der Waals surface area (Å²) in [7, 11) is 0. The minimum Gasteiger partial charge on any atom is -0.326 e. The van der Waals surface area contributed by atoms with Crippen LogP contribution in [0.1, 0.15) is 29.9 Å². The molecule has 1 aromatic heterocycles. The number of nitrogens with zero attached hydrogens (tertiary/aromatic N) is 2. The first kappa shape index (κ1) is 16.4. The van der Waals surface area contributed by atoms with Gasteiger partial charge in [-0.2, -0.15) is 5.10 Å². The predicted molar refractivity (Wildman–Crippen MR) is 89.2 cm³/mol. The highest BCUT2D eigenvalue weighted by Gasteiger charge is 2.08. The van der Waals surface area contributed by atoms with E-state index in [-0.39, 0.29) is 17.7 Å². The Bertz CT molecular complexity index is 694. The Balaban J connectivity index is 1.92. The molecule has 2 N–H and O–H groups in total. The third-order valence-corrected chi connectivity index (χ3v) is 2.99. The van der Waals surface area contributed by atoms with Crippen molar-refractivity contribution in [3.63, 3.8) is 0 Å². The second-order valence-corrected chi connectivity index (χ2v) is 5.18. The molecule has 0 atom stereocenters. The third-order valence-electron chi connectivity index (χ3n) is 2.99. The highest BCUT2D eigenvalue weighted by molar-refractivity contribution is 5.96. The summed E-state index contributed by atoms with van der Waals surface area (Å²) in [5.74, 6) is -0.500. The van der Waals surface area contributed by atoms with Gasteiger partial charge in [-0.3, -0.25) is 14.6 Å². The van der Waals surface area contributed by atoms with Crippen LogP contribution < -0.4 is 10.7 Å². The van der Waals surface area contributed by atoms with Gasteiger partial charge in [-0.1, -0.05) is 19.9 Å². The number of carbonyl (C=O) groups excluding carboxylic acids is 2. The van der Waals surface area contributed by atoms with E-state index in [1.54, 1.807) is 42.6 Å². The zero-order chi connectivity index (χ0) is 16.7. The van der Waals surface area contributed by atoms with Crippen molar-refractivity contribution in [2.75, 3.05) is 5.32 Å². The van der Waals surface area contributed by atoms with Crippen molar-refractivity contribution in [2.45, 2.75) is 13.8 Å². The van der Waals surface area contributed by atoms with Crippen molar-refractivity contribution >= 4 is 23.7 Å². The third kappa shape index (κ3) is 5.03. The van der Waals surface area contributed by atoms with Gasteiger partial charge in [0.05, 0.1) is 11.9 Å². The average Bonchev–Trinajstić information content (AvgIpc) is 2.56. The molecule has 23 heavy (non-hydrogen) atoms. The summed E-state index contributed by atoms with van der Waals surface area (Å²) in [4.78, 5) is 27.6. The van der Waals surface area contributed by atoms with Gasteiger partial charge in [0.2, 0.25) is 5.91 Å². The zero-order valence-corrected chi connectivity index (χ0v) is 13.0. The zero-order valence-electron chi connectivity index (χ0n) is 13.0. The van der Waals surface area contributed by atoms with Crippen LogP contribution in [0, 0.1) is 5.92 Å². The number of hydrogen-bond donors (Lipinski definition) is 2. The SMILES string of the molecule is CC(C)C(=O)Nc1ccc(C(=O)N/N=C/c2ccccn2)cc1. The Morgan fingerprint density at radius 2 is 1.87 bits per heavy atom. The van der Waals surface area contributed by atoms with E-state index in [4.69, 9.17) is 0 Å². The number of nitrogens with one attached hydrogen (secondary N) is 2. The van der Waals surface area contributed by atoms with E-state index in [0.29, 0.717) is 16.9 Å². The number of rotatable bonds is 5. The smallest absolute Gasteiger partial charge is 0.271 e. The van der Waals surface area contributed by atoms with E-state index >= 15 is 0 Å². The first-order valence-corrected chi connectivity index (χ1v) is 7.21. The molecule has 2 aromatic rings. The molecule has 1 aromatic carbocycles. The Kier molecular flexibility index (Phi) is 5.57. The molecular weight excluding hydrogens is 292 g/mol. The number of aromatic nitrogens is 1. The molecule has 2 rings (SSSR count). The topological polar surface area (TPSA) is 83.5 Å². The van der Waals surface area contributed by atoms with Gasteiger partial charge in [0.1, 0.15) is 0 Å². The normalized spacial score (nSPS) is 10.7. The Morgan fingerprint density at radius 3 is 2.48 bits per heavy atom. The number of hydrazone groups is 1. The van der Waals surface area contributed by atoms with Crippen molar-refractivity contribution in [1.82, 2.24) is 10.4 Å². The quantitative estimate of drug-likeness (QED) is 0.657. The monoisotopic (exact) mass is 310 g/mol. The first-order chi connectivity index (χ1) is 11.1. The molecule has 1 heterocycles. The molecule has 0 saturated carbocycles. The summed E-state index contributed by atoms with van der Waals surface area (Å²) in [6, 6.07) is 12.0. The molecule has 6 heteroatoms. The molecule has 0 saturated heterocycles. The van der Waals surface area contributed by atoms with E-state index in [1.165, 1.54) is 6.21 Å². The summed E-state index contributed by atoms with van der Waals surface area (Å²) >= 11 is 0. The Hall–Kier alpha value is -3.02. The maximum absolute atomic E-state index is 11.9. The summed E-state index contributed by atoms with van der Waals surface area (Å²) in [6.45, 7) is 3.63. The maximum atomic E-state index is 11.9. The highest BCUT2D eigenvalue weighted by atomic mass is 16.2. The van der Waals surface area contributed by atoms with Gasteiger partial charge in [-0.15, -0.1) is 0 Å². The van der Waals surface area contributed by atoms with Crippen LogP contribution in [0.5, 0.6) is 0 Å². The van der Waals surface area contributed by atoms with Gasteiger partial charge in [0.15, 0.2) is 0 Å². The fourth-order valence-corrected chi connectivity index (χ4v) is 1.67. The first-order valence-electron chi connectivity index (χ1n) is 7.21. The van der Waals surface area contributed by atoms with Crippen molar-refractivity contribution in [3.05, 3.63) is 59.9 Å². The largest absolute Gasteiger partial charge is 0.326 e. The molecule has 0 unspecified atom stereocenters. The molecular formula is C17H18N4O2. The summed E-state index contributed by atoms with van der Waals surface area (Å²) in [5.41, 5.74) is 4.18. The van der Waals surface area contributed by atoms with Crippen LogP contribution in [-0.4, -0.2) is 23.0 Å². The van der Waals surface area contributed by atoms with Crippen LogP contribution in [0.3, 0.4) is 0 Å². The van der Waals surface area contributed by atoms with Gasteiger partial charge < -0.3 is 5.32 Å². The van der Waals surface area contributed by atoms with E-state index in [9.17, 15) is 9.59 Å². The van der Waals surface area contributed by atoms with E-state index in [0.717, 1.165) is 0 Å². The van der Waals surface area contributed by atoms with Crippen LogP contribution in [0.15, 0.2) is 53.8 Å². The number of pyridine rings is 1. The number of anilines is 1. The number of hydrogen-bond acceptors (Lipinski definition) is 4. The standard InChI is InChI=1S/C17H18N4O2/c1-12(2)16(22)20-14-8-6-13(7-9-14)17(23)21-19-11-15-5-3-4-10-18-15/h3-12H,1-2H3,(H,20,22)(H,21,23)/b19-11+. The maximum Gasteiger partial charge on any atom is 0.271 e. The van der Waals surface area contributed by atoms with Gasteiger partial charge in [0.25, 0.3) is 5.91 Å². The molecule has 0 bridgehead atoms. The molecule has 0 aliphatic carbocycles. The van der Waals surface area contributed by atoms with Crippen LogP contribution in [0.25, 0.3) is 0 Å². The van der Waals surface area contributed by atoms with Crippen LogP contribution in [0.2, 0.25) is 0 Å². The van der Waals surface area contributed by atoms with Gasteiger partial charge in [-0.05, 0) is 36.4 Å². The fraction of sp³-hybridized carbons (Fsp3) is 0.176. The number of amides is 2. The fourth-order valence-electron chi connectivity index (χ4n) is 1.67. The molecule has 2 amide bonds. The minimum atomic E-state index is -0.334. The highest BCUT2D eigenvalue weighted by Crippen LogP contribution is 2.11. The van der Waals surface area contributed by atoms with Crippen LogP contribution in [0.4, 0.5) is 5.69 Å². The van der Waals surface area contributed by atoms with Gasteiger partial charge in [0, 0.05) is 23.4 Å². The number of carbonyl (C=O) groups is 2. The predicted octanol–water partition coefficient (Wildman–Crippen LogP) is 2.44. The number of benzene rings is 1. The lowest BCUT2D eigenvalue weighted by molar-refractivity contribution is -0.118. The van der Waals surface area contributed by atoms with Gasteiger partial charge >= 0.3 is 0 Å². The Labute approximate surface area is 134 Å². The lowest BCUT2D eigenvalue weighted by Crippen LogP contribution is -2.19. The lowest BCUT2D eigenvalue weighted by Gasteiger charge is -2.08. The molecule has 0 aliphatic heterocycles. The van der Waals surface area contributed by atoms with Crippen molar-refractivity contribution in [2.24, 2.45) is 11.0 Å². The molecule has 0 aliphatic rings. The second-order valence-electron chi connectivity index (χ2n) is 5.18. The molecule has 6 nitrogen and oxygen atoms in total. The van der Waals surface area contributed by atoms with E-state index < -0.39 is 0 Å². The second kappa shape index (κ2) is 7.84.